The number of alkyl halides is 3. The Morgan fingerprint density at radius 1 is 1.00 bits per heavy atom. The van der Waals surface area contributed by atoms with Gasteiger partial charge in [-0.1, -0.05) is 6.42 Å². The molecule has 0 spiro atoms. The molecule has 29 heavy (non-hydrogen) atoms. The molecule has 3 aromatic rings. The maximum Gasteiger partial charge on any atom is 0.573 e. The fourth-order valence-electron chi connectivity index (χ4n) is 3.26. The summed E-state index contributed by atoms with van der Waals surface area (Å²) in [7, 11) is 1.60. The topological polar surface area (TPSA) is 43.4 Å². The lowest BCUT2D eigenvalue weighted by molar-refractivity contribution is -0.274. The highest BCUT2D eigenvalue weighted by Gasteiger charge is 2.31. The van der Waals surface area contributed by atoms with Crippen LogP contribution >= 0.6 is 12.4 Å². The van der Waals surface area contributed by atoms with Crippen LogP contribution in [0.4, 0.5) is 24.5 Å². The number of methoxy groups -OCH3 is 1. The second-order valence-electron chi connectivity index (χ2n) is 6.80. The Kier molecular flexibility index (Phi) is 6.07. The number of hydrogen-bond acceptors (Lipinski definition) is 4. The van der Waals surface area contributed by atoms with Crippen LogP contribution in [0.15, 0.2) is 48.5 Å². The second kappa shape index (κ2) is 8.37. The first-order chi connectivity index (χ1) is 13.4. The summed E-state index contributed by atoms with van der Waals surface area (Å²) in [6.45, 7) is 0. The fraction of sp³-hybridized carbons (Fsp3) is 0.286. The van der Waals surface area contributed by atoms with E-state index in [1.54, 1.807) is 19.2 Å². The SMILES string of the molecule is COc1ccc2nc(C3CCC3)cc(Nc3ccc(OC(F)(F)F)cc3)c2c1.Cl. The van der Waals surface area contributed by atoms with E-state index in [4.69, 9.17) is 9.72 Å². The van der Waals surface area contributed by atoms with Gasteiger partial charge >= 0.3 is 6.36 Å². The fourth-order valence-corrected chi connectivity index (χ4v) is 3.26. The molecular formula is C21H20ClF3N2O2. The first kappa shape index (κ1) is 21.0. The molecular weight excluding hydrogens is 405 g/mol. The van der Waals surface area contributed by atoms with Crippen molar-refractivity contribution in [2.45, 2.75) is 31.5 Å². The minimum Gasteiger partial charge on any atom is -0.497 e. The normalized spacial score (nSPS) is 14.1. The number of ether oxygens (including phenoxy) is 2. The Labute approximate surface area is 172 Å². The molecule has 4 nitrogen and oxygen atoms in total. The van der Waals surface area contributed by atoms with Crippen molar-refractivity contribution < 1.29 is 22.6 Å². The zero-order chi connectivity index (χ0) is 19.7. The third-order valence-corrected chi connectivity index (χ3v) is 4.93. The predicted molar refractivity (Wildman–Crippen MR) is 109 cm³/mol. The van der Waals surface area contributed by atoms with E-state index < -0.39 is 6.36 Å². The Morgan fingerprint density at radius 3 is 2.28 bits per heavy atom. The number of nitrogens with zero attached hydrogens (tertiary/aromatic N) is 1. The van der Waals surface area contributed by atoms with Crippen LogP contribution in [0.25, 0.3) is 10.9 Å². The van der Waals surface area contributed by atoms with Gasteiger partial charge in [-0.05, 0) is 61.4 Å². The highest BCUT2D eigenvalue weighted by molar-refractivity contribution is 5.94. The van der Waals surface area contributed by atoms with Crippen molar-refractivity contribution in [3.8, 4) is 11.5 Å². The number of fused-ring (bicyclic) bond motifs is 1. The Balaban J connectivity index is 0.00000240. The van der Waals surface area contributed by atoms with Crippen LogP contribution < -0.4 is 14.8 Å². The van der Waals surface area contributed by atoms with Gasteiger partial charge in [-0.25, -0.2) is 0 Å². The van der Waals surface area contributed by atoms with Gasteiger partial charge in [0.2, 0.25) is 0 Å². The molecule has 1 saturated carbocycles. The van der Waals surface area contributed by atoms with Crippen molar-refractivity contribution in [3.63, 3.8) is 0 Å². The first-order valence-electron chi connectivity index (χ1n) is 9.03. The highest BCUT2D eigenvalue weighted by atomic mass is 35.5. The number of pyridine rings is 1. The largest absolute Gasteiger partial charge is 0.573 e. The van der Waals surface area contributed by atoms with Gasteiger partial charge in [0.1, 0.15) is 11.5 Å². The van der Waals surface area contributed by atoms with Gasteiger partial charge in [-0.2, -0.15) is 0 Å². The van der Waals surface area contributed by atoms with Crippen LogP contribution in [0.3, 0.4) is 0 Å². The number of rotatable bonds is 5. The molecule has 0 amide bonds. The third kappa shape index (κ3) is 4.85. The Bertz CT molecular complexity index is 990. The van der Waals surface area contributed by atoms with E-state index >= 15 is 0 Å². The molecule has 1 aromatic heterocycles. The minimum absolute atomic E-state index is 0. The summed E-state index contributed by atoms with van der Waals surface area (Å²) < 4.78 is 46.3. The molecule has 0 radical (unpaired) electrons. The van der Waals surface area contributed by atoms with Crippen molar-refractivity contribution in [1.82, 2.24) is 4.98 Å². The summed E-state index contributed by atoms with van der Waals surface area (Å²) in [5.41, 5.74) is 3.38. The zero-order valence-electron chi connectivity index (χ0n) is 15.6. The predicted octanol–water partition coefficient (Wildman–Crippen LogP) is 6.57. The summed E-state index contributed by atoms with van der Waals surface area (Å²) in [5.74, 6) is 0.909. The maximum atomic E-state index is 12.3. The number of hydrogen-bond donors (Lipinski definition) is 1. The van der Waals surface area contributed by atoms with Gasteiger partial charge in [-0.3, -0.25) is 4.98 Å². The van der Waals surface area contributed by atoms with Gasteiger partial charge in [-0.15, -0.1) is 25.6 Å². The van der Waals surface area contributed by atoms with Gasteiger partial charge in [0.05, 0.1) is 12.6 Å². The standard InChI is InChI=1S/C21H19F3N2O2.ClH/c1-27-16-9-10-18-17(11-16)20(12-19(26-18)13-3-2-4-13)25-14-5-7-15(8-6-14)28-21(22,23)24;/h5-13H,2-4H2,1H3,(H,25,26);1H. The van der Waals surface area contributed by atoms with Crippen LogP contribution in [0.5, 0.6) is 11.5 Å². The zero-order valence-corrected chi connectivity index (χ0v) is 16.4. The van der Waals surface area contributed by atoms with E-state index in [1.165, 1.54) is 18.6 Å². The first-order valence-corrected chi connectivity index (χ1v) is 9.03. The van der Waals surface area contributed by atoms with E-state index in [9.17, 15) is 13.2 Å². The summed E-state index contributed by atoms with van der Waals surface area (Å²) in [6.07, 6.45) is -1.25. The lowest BCUT2D eigenvalue weighted by atomic mass is 9.82. The van der Waals surface area contributed by atoms with Crippen molar-refractivity contribution >= 4 is 34.7 Å². The highest BCUT2D eigenvalue weighted by Crippen LogP contribution is 2.39. The number of nitrogens with one attached hydrogen (secondary N) is 1. The number of halogens is 4. The molecule has 0 aliphatic heterocycles. The molecule has 8 heteroatoms. The van der Waals surface area contributed by atoms with Crippen LogP contribution in [0.2, 0.25) is 0 Å². The lowest BCUT2D eigenvalue weighted by Crippen LogP contribution is -2.17. The van der Waals surface area contributed by atoms with E-state index in [0.717, 1.165) is 35.1 Å². The third-order valence-electron chi connectivity index (χ3n) is 4.93. The quantitative estimate of drug-likeness (QED) is 0.502. The molecule has 4 rings (SSSR count). The van der Waals surface area contributed by atoms with Crippen LogP contribution in [0, 0.1) is 0 Å². The smallest absolute Gasteiger partial charge is 0.497 e. The second-order valence-corrected chi connectivity index (χ2v) is 6.80. The van der Waals surface area contributed by atoms with E-state index in [0.29, 0.717) is 17.4 Å². The molecule has 0 unspecified atom stereocenters. The molecule has 0 atom stereocenters. The monoisotopic (exact) mass is 424 g/mol. The maximum absolute atomic E-state index is 12.3. The molecule has 1 fully saturated rings. The summed E-state index contributed by atoms with van der Waals surface area (Å²) in [4.78, 5) is 4.79. The number of anilines is 2. The lowest BCUT2D eigenvalue weighted by Gasteiger charge is -2.26. The summed E-state index contributed by atoms with van der Waals surface area (Å²) >= 11 is 0. The van der Waals surface area contributed by atoms with E-state index in [1.807, 2.05) is 24.3 Å². The van der Waals surface area contributed by atoms with E-state index in [-0.39, 0.29) is 18.2 Å². The van der Waals surface area contributed by atoms with Crippen LogP contribution in [-0.2, 0) is 0 Å². The van der Waals surface area contributed by atoms with Crippen molar-refractivity contribution in [2.75, 3.05) is 12.4 Å². The van der Waals surface area contributed by atoms with Crippen molar-refractivity contribution in [1.29, 1.82) is 0 Å². The molecule has 0 bridgehead atoms. The molecule has 1 aliphatic carbocycles. The van der Waals surface area contributed by atoms with Crippen molar-refractivity contribution in [3.05, 3.63) is 54.2 Å². The number of aromatic nitrogens is 1. The minimum atomic E-state index is -4.70. The summed E-state index contributed by atoms with van der Waals surface area (Å²) in [6, 6.07) is 13.4. The molecule has 1 aliphatic rings. The van der Waals surface area contributed by atoms with Gasteiger partial charge < -0.3 is 14.8 Å². The van der Waals surface area contributed by atoms with Gasteiger partial charge in [0.15, 0.2) is 0 Å². The van der Waals surface area contributed by atoms with Crippen LogP contribution in [0.1, 0.15) is 30.9 Å². The number of benzene rings is 2. The molecule has 0 saturated heterocycles. The van der Waals surface area contributed by atoms with Gasteiger partial charge in [0, 0.05) is 28.4 Å². The van der Waals surface area contributed by atoms with Crippen LogP contribution in [-0.4, -0.2) is 18.5 Å². The van der Waals surface area contributed by atoms with Gasteiger partial charge in [0.25, 0.3) is 0 Å². The average molecular weight is 425 g/mol. The Morgan fingerprint density at radius 2 is 1.69 bits per heavy atom. The molecule has 1 heterocycles. The Hall–Kier alpha value is -2.67. The van der Waals surface area contributed by atoms with Crippen molar-refractivity contribution in [2.24, 2.45) is 0 Å². The summed E-state index contributed by atoms with van der Waals surface area (Å²) in [5, 5.41) is 4.19. The molecule has 1 N–H and O–H groups in total. The van der Waals surface area contributed by atoms with E-state index in [2.05, 4.69) is 10.1 Å². The molecule has 154 valence electrons. The molecule has 2 aromatic carbocycles. The average Bonchev–Trinajstić information content (AvgIpc) is 2.60.